The van der Waals surface area contributed by atoms with E-state index in [1.54, 1.807) is 0 Å². The van der Waals surface area contributed by atoms with Gasteiger partial charge in [0.05, 0.1) is 13.2 Å². The molecule has 2 rings (SSSR count). The van der Waals surface area contributed by atoms with Crippen molar-refractivity contribution in [2.75, 3.05) is 31.7 Å². The zero-order chi connectivity index (χ0) is 18.1. The highest BCUT2D eigenvalue weighted by molar-refractivity contribution is 5.46. The van der Waals surface area contributed by atoms with E-state index in [1.165, 1.54) is 11.1 Å². The number of hydrogen-bond donors (Lipinski definition) is 1. The molecule has 4 nitrogen and oxygen atoms in total. The SMILES string of the molecule is CCOCCOc1ccc(NCC(C)Oc2c(C)cccc2C)cc1. The lowest BCUT2D eigenvalue weighted by Crippen LogP contribution is -2.23. The van der Waals surface area contributed by atoms with Crippen LogP contribution in [0.5, 0.6) is 11.5 Å². The molecule has 0 radical (unpaired) electrons. The van der Waals surface area contributed by atoms with Gasteiger partial charge >= 0.3 is 0 Å². The first-order valence-electron chi connectivity index (χ1n) is 8.87. The lowest BCUT2D eigenvalue weighted by molar-refractivity contribution is 0.110. The summed E-state index contributed by atoms with van der Waals surface area (Å²) in [6.45, 7) is 10.8. The number of benzene rings is 2. The van der Waals surface area contributed by atoms with Crippen molar-refractivity contribution >= 4 is 5.69 Å². The Morgan fingerprint density at radius 2 is 1.64 bits per heavy atom. The predicted octanol–water partition coefficient (Wildman–Crippen LogP) is 4.60. The van der Waals surface area contributed by atoms with E-state index >= 15 is 0 Å². The van der Waals surface area contributed by atoms with Gasteiger partial charge in [-0.3, -0.25) is 0 Å². The van der Waals surface area contributed by atoms with Crippen molar-refractivity contribution in [3.8, 4) is 11.5 Å². The Balaban J connectivity index is 1.78. The molecule has 25 heavy (non-hydrogen) atoms. The minimum Gasteiger partial charge on any atom is -0.491 e. The molecule has 2 aromatic carbocycles. The highest BCUT2D eigenvalue weighted by Gasteiger charge is 2.08. The van der Waals surface area contributed by atoms with Crippen molar-refractivity contribution in [2.24, 2.45) is 0 Å². The Bertz CT molecular complexity index is 620. The fraction of sp³-hybridized carbons (Fsp3) is 0.429. The minimum absolute atomic E-state index is 0.0712. The molecule has 1 unspecified atom stereocenters. The normalized spacial score (nSPS) is 11.8. The van der Waals surface area contributed by atoms with Gasteiger partial charge in [0.25, 0.3) is 0 Å². The molecule has 0 heterocycles. The molecule has 136 valence electrons. The summed E-state index contributed by atoms with van der Waals surface area (Å²) in [6.07, 6.45) is 0.0712. The number of para-hydroxylation sites is 1. The molecule has 0 spiro atoms. The number of rotatable bonds is 10. The van der Waals surface area contributed by atoms with Crippen LogP contribution in [0.25, 0.3) is 0 Å². The lowest BCUT2D eigenvalue weighted by atomic mass is 10.1. The van der Waals surface area contributed by atoms with Crippen molar-refractivity contribution < 1.29 is 14.2 Å². The number of hydrogen-bond acceptors (Lipinski definition) is 4. The molecule has 0 bridgehead atoms. The molecule has 4 heteroatoms. The summed E-state index contributed by atoms with van der Waals surface area (Å²) in [6, 6.07) is 14.2. The Hall–Kier alpha value is -2.20. The van der Waals surface area contributed by atoms with Crippen LogP contribution in [0.4, 0.5) is 5.69 Å². The van der Waals surface area contributed by atoms with Crippen LogP contribution in [0.1, 0.15) is 25.0 Å². The average Bonchev–Trinajstić information content (AvgIpc) is 2.61. The predicted molar refractivity (Wildman–Crippen MR) is 103 cm³/mol. The molecular weight excluding hydrogens is 314 g/mol. The molecule has 0 aliphatic heterocycles. The van der Waals surface area contributed by atoms with E-state index in [2.05, 4.69) is 44.3 Å². The zero-order valence-corrected chi connectivity index (χ0v) is 15.7. The van der Waals surface area contributed by atoms with E-state index in [1.807, 2.05) is 31.2 Å². The Morgan fingerprint density at radius 3 is 2.28 bits per heavy atom. The van der Waals surface area contributed by atoms with Crippen LogP contribution in [-0.4, -0.2) is 32.5 Å². The fourth-order valence-corrected chi connectivity index (χ4v) is 2.52. The summed E-state index contributed by atoms with van der Waals surface area (Å²) in [5.74, 6) is 1.83. The maximum Gasteiger partial charge on any atom is 0.125 e. The van der Waals surface area contributed by atoms with Gasteiger partial charge in [0.1, 0.15) is 24.2 Å². The molecular formula is C21H29NO3. The van der Waals surface area contributed by atoms with Gasteiger partial charge in [-0.05, 0) is 63.1 Å². The number of ether oxygens (including phenoxy) is 3. The van der Waals surface area contributed by atoms with E-state index in [0.29, 0.717) is 19.8 Å². The van der Waals surface area contributed by atoms with Crippen molar-refractivity contribution in [1.29, 1.82) is 0 Å². The van der Waals surface area contributed by atoms with Gasteiger partial charge < -0.3 is 19.5 Å². The van der Waals surface area contributed by atoms with E-state index in [4.69, 9.17) is 14.2 Å². The topological polar surface area (TPSA) is 39.7 Å². The molecule has 0 aliphatic carbocycles. The highest BCUT2D eigenvalue weighted by atomic mass is 16.5. The van der Waals surface area contributed by atoms with Gasteiger partial charge in [0.15, 0.2) is 0 Å². The lowest BCUT2D eigenvalue weighted by Gasteiger charge is -2.19. The largest absolute Gasteiger partial charge is 0.491 e. The molecule has 0 aromatic heterocycles. The smallest absolute Gasteiger partial charge is 0.125 e. The maximum atomic E-state index is 6.10. The van der Waals surface area contributed by atoms with Gasteiger partial charge in [-0.1, -0.05) is 18.2 Å². The Morgan fingerprint density at radius 1 is 0.960 bits per heavy atom. The third-order valence-electron chi connectivity index (χ3n) is 3.88. The summed E-state index contributed by atoms with van der Waals surface area (Å²) in [5.41, 5.74) is 3.38. The van der Waals surface area contributed by atoms with Crippen LogP contribution < -0.4 is 14.8 Å². The molecule has 0 saturated heterocycles. The van der Waals surface area contributed by atoms with Crippen molar-refractivity contribution in [3.05, 3.63) is 53.6 Å². The molecule has 2 aromatic rings. The number of nitrogens with one attached hydrogen (secondary N) is 1. The Labute approximate surface area is 151 Å². The van der Waals surface area contributed by atoms with E-state index in [0.717, 1.165) is 23.7 Å². The second kappa shape index (κ2) is 9.94. The van der Waals surface area contributed by atoms with Gasteiger partial charge in [-0.25, -0.2) is 0 Å². The summed E-state index contributed by atoms with van der Waals surface area (Å²) in [7, 11) is 0. The average molecular weight is 343 g/mol. The summed E-state index contributed by atoms with van der Waals surface area (Å²) >= 11 is 0. The van der Waals surface area contributed by atoms with Crippen molar-refractivity contribution in [2.45, 2.75) is 33.8 Å². The summed E-state index contributed by atoms with van der Waals surface area (Å²) < 4.78 is 17.0. The first-order valence-corrected chi connectivity index (χ1v) is 8.87. The van der Waals surface area contributed by atoms with E-state index in [9.17, 15) is 0 Å². The van der Waals surface area contributed by atoms with E-state index in [-0.39, 0.29) is 6.10 Å². The van der Waals surface area contributed by atoms with Crippen molar-refractivity contribution in [3.63, 3.8) is 0 Å². The molecule has 1 N–H and O–H groups in total. The number of anilines is 1. The van der Waals surface area contributed by atoms with E-state index < -0.39 is 0 Å². The third kappa shape index (κ3) is 6.31. The summed E-state index contributed by atoms with van der Waals surface area (Å²) in [5, 5.41) is 3.40. The van der Waals surface area contributed by atoms with Crippen LogP contribution in [0.15, 0.2) is 42.5 Å². The van der Waals surface area contributed by atoms with Crippen molar-refractivity contribution in [1.82, 2.24) is 0 Å². The molecule has 0 amide bonds. The van der Waals surface area contributed by atoms with Crippen LogP contribution in [-0.2, 0) is 4.74 Å². The van der Waals surface area contributed by atoms with Crippen LogP contribution >= 0.6 is 0 Å². The monoisotopic (exact) mass is 343 g/mol. The number of aryl methyl sites for hydroxylation is 2. The van der Waals surface area contributed by atoms with Gasteiger partial charge in [-0.15, -0.1) is 0 Å². The summed E-state index contributed by atoms with van der Waals surface area (Å²) in [4.78, 5) is 0. The second-order valence-electron chi connectivity index (χ2n) is 6.10. The molecule has 0 fully saturated rings. The first kappa shape index (κ1) is 19.1. The highest BCUT2D eigenvalue weighted by Crippen LogP contribution is 2.23. The standard InChI is InChI=1S/C21H29NO3/c1-5-23-13-14-24-20-11-9-19(10-12-20)22-15-18(4)25-21-16(2)7-6-8-17(21)3/h6-12,18,22H,5,13-15H2,1-4H3. The van der Waals surface area contributed by atoms with Crippen LogP contribution in [0.2, 0.25) is 0 Å². The molecule has 0 saturated carbocycles. The minimum atomic E-state index is 0.0712. The van der Waals surface area contributed by atoms with Crippen LogP contribution in [0, 0.1) is 13.8 Å². The molecule has 1 atom stereocenters. The molecule has 0 aliphatic rings. The quantitative estimate of drug-likeness (QED) is 0.640. The van der Waals surface area contributed by atoms with Crippen LogP contribution in [0.3, 0.4) is 0 Å². The Kier molecular flexibility index (Phi) is 7.61. The third-order valence-corrected chi connectivity index (χ3v) is 3.88. The van der Waals surface area contributed by atoms with Gasteiger partial charge in [0.2, 0.25) is 0 Å². The maximum absolute atomic E-state index is 6.10. The fourth-order valence-electron chi connectivity index (χ4n) is 2.52. The zero-order valence-electron chi connectivity index (χ0n) is 15.7. The van der Waals surface area contributed by atoms with Gasteiger partial charge in [-0.2, -0.15) is 0 Å². The second-order valence-corrected chi connectivity index (χ2v) is 6.10. The van der Waals surface area contributed by atoms with Gasteiger partial charge in [0, 0.05) is 12.3 Å². The first-order chi connectivity index (χ1) is 12.1.